The van der Waals surface area contributed by atoms with Gasteiger partial charge in [0.25, 0.3) is 5.91 Å². The lowest BCUT2D eigenvalue weighted by Gasteiger charge is -2.08. The molecule has 0 bridgehead atoms. The summed E-state index contributed by atoms with van der Waals surface area (Å²) in [6.07, 6.45) is 0. The molecule has 1 amide bonds. The summed E-state index contributed by atoms with van der Waals surface area (Å²) in [5.74, 6) is -0.842. The van der Waals surface area contributed by atoms with Crippen molar-refractivity contribution in [2.75, 3.05) is 7.11 Å². The molecular formula is C16H15NO4. The van der Waals surface area contributed by atoms with Crippen LogP contribution in [0.3, 0.4) is 0 Å². The minimum atomic E-state index is -1.12. The third kappa shape index (κ3) is 3.60. The fourth-order valence-electron chi connectivity index (χ4n) is 1.93. The largest absolute Gasteiger partial charge is 0.497 e. The topological polar surface area (TPSA) is 75.6 Å². The number of carbonyl (C=O) groups is 2. The second kappa shape index (κ2) is 6.56. The van der Waals surface area contributed by atoms with E-state index in [1.807, 2.05) is 24.3 Å². The Kier molecular flexibility index (Phi) is 4.56. The maximum absolute atomic E-state index is 12.1. The number of methoxy groups -OCH3 is 1. The lowest BCUT2D eigenvalue weighted by atomic mass is 10.1. The summed E-state index contributed by atoms with van der Waals surface area (Å²) < 4.78 is 5.11. The van der Waals surface area contributed by atoms with Crippen LogP contribution < -0.4 is 10.1 Å². The number of nitrogens with one attached hydrogen (secondary N) is 1. The first-order valence-electron chi connectivity index (χ1n) is 6.35. The lowest BCUT2D eigenvalue weighted by Crippen LogP contribution is -2.24. The van der Waals surface area contributed by atoms with Gasteiger partial charge < -0.3 is 15.2 Å². The van der Waals surface area contributed by atoms with Crippen molar-refractivity contribution in [1.82, 2.24) is 5.32 Å². The van der Waals surface area contributed by atoms with E-state index in [1.165, 1.54) is 12.1 Å². The van der Waals surface area contributed by atoms with Crippen LogP contribution in [0.1, 0.15) is 26.3 Å². The Morgan fingerprint density at radius 1 is 1.10 bits per heavy atom. The van der Waals surface area contributed by atoms with Crippen molar-refractivity contribution in [3.8, 4) is 5.75 Å². The van der Waals surface area contributed by atoms with Crippen LogP contribution in [0.15, 0.2) is 48.5 Å². The molecule has 0 fully saturated rings. The molecule has 5 nitrogen and oxygen atoms in total. The monoisotopic (exact) mass is 285 g/mol. The average molecular weight is 285 g/mol. The normalized spacial score (nSPS) is 9.95. The second-order valence-electron chi connectivity index (χ2n) is 4.38. The molecule has 0 aromatic heterocycles. The number of rotatable bonds is 5. The van der Waals surface area contributed by atoms with Crippen molar-refractivity contribution < 1.29 is 19.4 Å². The summed E-state index contributed by atoms with van der Waals surface area (Å²) in [6, 6.07) is 13.4. The number of ether oxygens (including phenoxy) is 1. The maximum atomic E-state index is 12.1. The Morgan fingerprint density at radius 3 is 2.48 bits per heavy atom. The van der Waals surface area contributed by atoms with Crippen molar-refractivity contribution in [2.24, 2.45) is 0 Å². The standard InChI is InChI=1S/C16H15NO4/c1-21-12-6-4-5-11(9-12)10-17-15(18)13-7-2-3-8-14(13)16(19)20/h2-9H,10H2,1H3,(H,17,18)(H,19,20). The quantitative estimate of drug-likeness (QED) is 0.884. The Bertz CT molecular complexity index is 667. The predicted octanol–water partition coefficient (Wildman–Crippen LogP) is 2.32. The first-order chi connectivity index (χ1) is 10.1. The molecule has 0 aliphatic rings. The van der Waals surface area contributed by atoms with Crippen LogP contribution >= 0.6 is 0 Å². The smallest absolute Gasteiger partial charge is 0.336 e. The molecule has 2 aromatic rings. The minimum absolute atomic E-state index is 0.0133. The van der Waals surface area contributed by atoms with E-state index in [1.54, 1.807) is 19.2 Å². The van der Waals surface area contributed by atoms with Crippen molar-refractivity contribution >= 4 is 11.9 Å². The van der Waals surface area contributed by atoms with E-state index in [0.717, 1.165) is 5.56 Å². The van der Waals surface area contributed by atoms with Gasteiger partial charge in [0, 0.05) is 6.54 Å². The summed E-state index contributed by atoms with van der Waals surface area (Å²) in [5.41, 5.74) is 1.00. The molecule has 2 rings (SSSR count). The van der Waals surface area contributed by atoms with E-state index in [2.05, 4.69) is 5.32 Å². The number of hydrogen-bond acceptors (Lipinski definition) is 3. The first-order valence-corrected chi connectivity index (χ1v) is 6.35. The van der Waals surface area contributed by atoms with E-state index in [4.69, 9.17) is 9.84 Å². The van der Waals surface area contributed by atoms with Crippen molar-refractivity contribution in [3.05, 3.63) is 65.2 Å². The molecule has 5 heteroatoms. The molecule has 108 valence electrons. The van der Waals surface area contributed by atoms with E-state index >= 15 is 0 Å². The number of benzene rings is 2. The SMILES string of the molecule is COc1cccc(CNC(=O)c2ccccc2C(=O)O)c1. The van der Waals surface area contributed by atoms with Crippen molar-refractivity contribution in [3.63, 3.8) is 0 Å². The van der Waals surface area contributed by atoms with Gasteiger partial charge in [-0.05, 0) is 29.8 Å². The van der Waals surface area contributed by atoms with E-state index < -0.39 is 11.9 Å². The highest BCUT2D eigenvalue weighted by Crippen LogP contribution is 2.13. The predicted molar refractivity (Wildman–Crippen MR) is 77.6 cm³/mol. The lowest BCUT2D eigenvalue weighted by molar-refractivity contribution is 0.0691. The number of carbonyl (C=O) groups excluding carboxylic acids is 1. The van der Waals surface area contributed by atoms with Crippen LogP contribution in [0, 0.1) is 0 Å². The molecule has 0 saturated carbocycles. The summed E-state index contributed by atoms with van der Waals surface area (Å²) in [7, 11) is 1.57. The van der Waals surface area contributed by atoms with Crippen LogP contribution in [0.4, 0.5) is 0 Å². The second-order valence-corrected chi connectivity index (χ2v) is 4.38. The van der Waals surface area contributed by atoms with E-state index in [9.17, 15) is 9.59 Å². The van der Waals surface area contributed by atoms with Gasteiger partial charge in [-0.15, -0.1) is 0 Å². The van der Waals surface area contributed by atoms with Crippen LogP contribution in [0.25, 0.3) is 0 Å². The molecule has 0 atom stereocenters. The fraction of sp³-hybridized carbons (Fsp3) is 0.125. The van der Waals surface area contributed by atoms with Crippen LogP contribution in [0.2, 0.25) is 0 Å². The Balaban J connectivity index is 2.10. The maximum Gasteiger partial charge on any atom is 0.336 e. The van der Waals surface area contributed by atoms with E-state index in [-0.39, 0.29) is 11.1 Å². The summed E-state index contributed by atoms with van der Waals surface area (Å²) >= 11 is 0. The van der Waals surface area contributed by atoms with Gasteiger partial charge in [0.15, 0.2) is 0 Å². The fourth-order valence-corrected chi connectivity index (χ4v) is 1.93. The number of amides is 1. The Labute approximate surface area is 122 Å². The van der Waals surface area contributed by atoms with Crippen LogP contribution in [-0.4, -0.2) is 24.1 Å². The average Bonchev–Trinajstić information content (AvgIpc) is 2.52. The molecule has 0 radical (unpaired) electrons. The van der Waals surface area contributed by atoms with E-state index in [0.29, 0.717) is 12.3 Å². The number of carboxylic acid groups (broad SMARTS) is 1. The Hall–Kier alpha value is -2.82. The zero-order chi connectivity index (χ0) is 15.2. The molecule has 0 saturated heterocycles. The molecule has 2 N–H and O–H groups in total. The van der Waals surface area contributed by atoms with Crippen molar-refractivity contribution in [1.29, 1.82) is 0 Å². The molecule has 0 aliphatic heterocycles. The number of aromatic carboxylic acids is 1. The van der Waals surface area contributed by atoms with Gasteiger partial charge in [-0.2, -0.15) is 0 Å². The molecule has 0 unspecified atom stereocenters. The highest BCUT2D eigenvalue weighted by Gasteiger charge is 2.15. The molecule has 0 heterocycles. The highest BCUT2D eigenvalue weighted by molar-refractivity contribution is 6.04. The zero-order valence-corrected chi connectivity index (χ0v) is 11.5. The first kappa shape index (κ1) is 14.6. The van der Waals surface area contributed by atoms with Gasteiger partial charge in [-0.25, -0.2) is 4.79 Å². The van der Waals surface area contributed by atoms with Gasteiger partial charge in [0.2, 0.25) is 0 Å². The van der Waals surface area contributed by atoms with Crippen molar-refractivity contribution in [2.45, 2.75) is 6.54 Å². The van der Waals surface area contributed by atoms with Gasteiger partial charge in [-0.1, -0.05) is 24.3 Å². The van der Waals surface area contributed by atoms with Crippen LogP contribution in [0.5, 0.6) is 5.75 Å². The summed E-state index contributed by atoms with van der Waals surface area (Å²) in [6.45, 7) is 0.296. The van der Waals surface area contributed by atoms with Gasteiger partial charge in [0.05, 0.1) is 18.2 Å². The molecular weight excluding hydrogens is 270 g/mol. The third-order valence-corrected chi connectivity index (χ3v) is 2.99. The molecule has 2 aromatic carbocycles. The molecule has 0 aliphatic carbocycles. The molecule has 0 spiro atoms. The summed E-state index contributed by atoms with van der Waals surface area (Å²) in [4.78, 5) is 23.2. The minimum Gasteiger partial charge on any atom is -0.497 e. The Morgan fingerprint density at radius 2 is 1.81 bits per heavy atom. The number of carboxylic acids is 1. The zero-order valence-electron chi connectivity index (χ0n) is 11.5. The van der Waals surface area contributed by atoms with Gasteiger partial charge in [0.1, 0.15) is 5.75 Å². The highest BCUT2D eigenvalue weighted by atomic mass is 16.5. The third-order valence-electron chi connectivity index (χ3n) is 2.99. The number of hydrogen-bond donors (Lipinski definition) is 2. The van der Waals surface area contributed by atoms with Crippen LogP contribution in [-0.2, 0) is 6.54 Å². The summed E-state index contributed by atoms with van der Waals surface area (Å²) in [5, 5.41) is 11.8. The molecule has 21 heavy (non-hydrogen) atoms. The van der Waals surface area contributed by atoms with Gasteiger partial charge >= 0.3 is 5.97 Å². The van der Waals surface area contributed by atoms with Gasteiger partial charge in [-0.3, -0.25) is 4.79 Å².